The Morgan fingerprint density at radius 1 is 1.23 bits per heavy atom. The molecule has 7 heteroatoms. The number of hydrogen-bond donors (Lipinski definition) is 0. The summed E-state index contributed by atoms with van der Waals surface area (Å²) in [4.78, 5) is 31.4. The average Bonchev–Trinajstić information content (AvgIpc) is 2.68. The summed E-state index contributed by atoms with van der Waals surface area (Å²) in [6.45, 7) is 4.27. The van der Waals surface area contributed by atoms with Gasteiger partial charge in [0.05, 0.1) is 19.0 Å². The lowest BCUT2D eigenvalue weighted by Crippen LogP contribution is -2.41. The van der Waals surface area contributed by atoms with E-state index >= 15 is 0 Å². The van der Waals surface area contributed by atoms with Gasteiger partial charge in [-0.1, -0.05) is 42.1 Å². The van der Waals surface area contributed by atoms with Crippen molar-refractivity contribution in [1.29, 1.82) is 0 Å². The lowest BCUT2D eigenvalue weighted by atomic mass is 10.1. The van der Waals surface area contributed by atoms with E-state index in [0.717, 1.165) is 11.3 Å². The molecular weight excluding hydrogens is 350 g/mol. The van der Waals surface area contributed by atoms with Crippen LogP contribution < -0.4 is 5.56 Å². The van der Waals surface area contributed by atoms with E-state index in [1.807, 2.05) is 37.3 Å². The van der Waals surface area contributed by atoms with Gasteiger partial charge in [-0.05, 0) is 12.5 Å². The van der Waals surface area contributed by atoms with E-state index in [1.54, 1.807) is 16.5 Å². The van der Waals surface area contributed by atoms with E-state index in [1.165, 1.54) is 11.8 Å². The molecule has 138 valence electrons. The van der Waals surface area contributed by atoms with Gasteiger partial charge in [0, 0.05) is 37.8 Å². The second kappa shape index (κ2) is 8.51. The van der Waals surface area contributed by atoms with Gasteiger partial charge >= 0.3 is 0 Å². The summed E-state index contributed by atoms with van der Waals surface area (Å²) in [6.07, 6.45) is 0.560. The zero-order chi connectivity index (χ0) is 18.5. The molecule has 0 aliphatic carbocycles. The van der Waals surface area contributed by atoms with E-state index in [0.29, 0.717) is 43.4 Å². The van der Waals surface area contributed by atoms with Gasteiger partial charge in [-0.15, -0.1) is 0 Å². The van der Waals surface area contributed by atoms with Crippen LogP contribution in [0.25, 0.3) is 0 Å². The fraction of sp³-hybridized carbons (Fsp3) is 0.421. The number of hydrogen-bond acceptors (Lipinski definition) is 5. The average molecular weight is 373 g/mol. The summed E-state index contributed by atoms with van der Waals surface area (Å²) in [5.41, 5.74) is 2.45. The SMILES string of the molecule is Cc1nc(SCC(=O)N2CCOCC2)n(C)c(=O)c1Cc1ccccc1. The quantitative estimate of drug-likeness (QED) is 0.589. The number of carbonyl (C=O) groups is 1. The van der Waals surface area contributed by atoms with Crippen LogP contribution in [0.4, 0.5) is 0 Å². The van der Waals surface area contributed by atoms with Crippen LogP contribution >= 0.6 is 11.8 Å². The summed E-state index contributed by atoms with van der Waals surface area (Å²) in [7, 11) is 1.71. The van der Waals surface area contributed by atoms with Crippen molar-refractivity contribution >= 4 is 17.7 Å². The topological polar surface area (TPSA) is 64.4 Å². The minimum absolute atomic E-state index is 0.0531. The molecule has 0 bridgehead atoms. The van der Waals surface area contributed by atoms with Crippen LogP contribution in [0.3, 0.4) is 0 Å². The molecule has 2 heterocycles. The number of thioether (sulfide) groups is 1. The van der Waals surface area contributed by atoms with Crippen LogP contribution in [-0.4, -0.2) is 52.4 Å². The normalized spacial score (nSPS) is 14.5. The van der Waals surface area contributed by atoms with Crippen molar-refractivity contribution in [2.75, 3.05) is 32.1 Å². The van der Waals surface area contributed by atoms with E-state index in [4.69, 9.17) is 4.74 Å². The number of rotatable bonds is 5. The van der Waals surface area contributed by atoms with Gasteiger partial charge < -0.3 is 9.64 Å². The Kier molecular flexibility index (Phi) is 6.11. The van der Waals surface area contributed by atoms with Gasteiger partial charge in [0.1, 0.15) is 0 Å². The highest BCUT2D eigenvalue weighted by molar-refractivity contribution is 7.99. The molecule has 0 spiro atoms. The van der Waals surface area contributed by atoms with Crippen molar-refractivity contribution < 1.29 is 9.53 Å². The van der Waals surface area contributed by atoms with Gasteiger partial charge in [-0.25, -0.2) is 4.98 Å². The van der Waals surface area contributed by atoms with Gasteiger partial charge in [0.25, 0.3) is 5.56 Å². The van der Waals surface area contributed by atoms with E-state index < -0.39 is 0 Å². The Labute approximate surface area is 157 Å². The lowest BCUT2D eigenvalue weighted by Gasteiger charge is -2.26. The highest BCUT2D eigenvalue weighted by Gasteiger charge is 2.19. The number of carbonyl (C=O) groups excluding carboxylic acids is 1. The number of ether oxygens (including phenoxy) is 1. The van der Waals surface area contributed by atoms with Crippen molar-refractivity contribution in [2.24, 2.45) is 7.05 Å². The first-order valence-corrected chi connectivity index (χ1v) is 9.63. The van der Waals surface area contributed by atoms with Gasteiger partial charge in [-0.3, -0.25) is 14.2 Å². The molecule has 0 radical (unpaired) electrons. The highest BCUT2D eigenvalue weighted by Crippen LogP contribution is 2.17. The molecule has 1 amide bonds. The van der Waals surface area contributed by atoms with Crippen molar-refractivity contribution in [3.63, 3.8) is 0 Å². The predicted octanol–water partition coefficient (Wildman–Crippen LogP) is 1.63. The summed E-state index contributed by atoms with van der Waals surface area (Å²) >= 11 is 1.31. The standard InChI is InChI=1S/C19H23N3O3S/c1-14-16(12-15-6-4-3-5-7-15)18(24)21(2)19(20-14)26-13-17(23)22-8-10-25-11-9-22/h3-7H,8-13H2,1-2H3. The first-order valence-electron chi connectivity index (χ1n) is 8.65. The first-order chi connectivity index (χ1) is 12.6. The minimum atomic E-state index is -0.0531. The number of nitrogens with zero attached hydrogens (tertiary/aromatic N) is 3. The summed E-state index contributed by atoms with van der Waals surface area (Å²) in [6, 6.07) is 9.89. The lowest BCUT2D eigenvalue weighted by molar-refractivity contribution is -0.132. The molecule has 1 aromatic carbocycles. The fourth-order valence-corrected chi connectivity index (χ4v) is 3.81. The molecular formula is C19H23N3O3S. The predicted molar refractivity (Wildman–Crippen MR) is 102 cm³/mol. The van der Waals surface area contributed by atoms with Crippen LogP contribution in [0, 0.1) is 6.92 Å². The maximum absolute atomic E-state index is 12.8. The van der Waals surface area contributed by atoms with Crippen LogP contribution in [0.1, 0.15) is 16.8 Å². The maximum atomic E-state index is 12.8. The van der Waals surface area contributed by atoms with Crippen molar-refractivity contribution in [3.05, 3.63) is 57.5 Å². The Morgan fingerprint density at radius 3 is 2.62 bits per heavy atom. The zero-order valence-corrected chi connectivity index (χ0v) is 15.9. The number of aryl methyl sites for hydroxylation is 1. The smallest absolute Gasteiger partial charge is 0.257 e. The van der Waals surface area contributed by atoms with E-state index in [9.17, 15) is 9.59 Å². The Hall–Kier alpha value is -2.12. The second-order valence-corrected chi connectivity index (χ2v) is 7.21. The van der Waals surface area contributed by atoms with E-state index in [-0.39, 0.29) is 17.2 Å². The number of morpholine rings is 1. The van der Waals surface area contributed by atoms with Crippen LogP contribution in [0.5, 0.6) is 0 Å². The van der Waals surface area contributed by atoms with Crippen LogP contribution in [-0.2, 0) is 23.0 Å². The molecule has 1 aliphatic rings. The van der Waals surface area contributed by atoms with E-state index in [2.05, 4.69) is 4.98 Å². The van der Waals surface area contributed by atoms with Crippen molar-refractivity contribution in [3.8, 4) is 0 Å². The second-order valence-electron chi connectivity index (χ2n) is 6.27. The fourth-order valence-electron chi connectivity index (χ4n) is 2.89. The molecule has 26 heavy (non-hydrogen) atoms. The third-order valence-corrected chi connectivity index (χ3v) is 5.48. The molecule has 6 nitrogen and oxygen atoms in total. The molecule has 1 saturated heterocycles. The van der Waals surface area contributed by atoms with Crippen LogP contribution in [0.2, 0.25) is 0 Å². The minimum Gasteiger partial charge on any atom is -0.378 e. The highest BCUT2D eigenvalue weighted by atomic mass is 32.2. The monoisotopic (exact) mass is 373 g/mol. The molecule has 1 aliphatic heterocycles. The first kappa shape index (κ1) is 18.7. The Morgan fingerprint density at radius 2 is 1.92 bits per heavy atom. The summed E-state index contributed by atoms with van der Waals surface area (Å²) in [5.74, 6) is 0.330. The molecule has 0 atom stereocenters. The van der Waals surface area contributed by atoms with Gasteiger partial charge in [-0.2, -0.15) is 0 Å². The number of amides is 1. The molecule has 0 N–H and O–H groups in total. The van der Waals surface area contributed by atoms with Crippen molar-refractivity contribution in [1.82, 2.24) is 14.5 Å². The Balaban J connectivity index is 1.73. The van der Waals surface area contributed by atoms with Gasteiger partial charge in [0.2, 0.25) is 5.91 Å². The molecule has 1 aromatic heterocycles. The zero-order valence-electron chi connectivity index (χ0n) is 15.1. The molecule has 0 saturated carbocycles. The van der Waals surface area contributed by atoms with Crippen molar-refractivity contribution in [2.45, 2.75) is 18.5 Å². The summed E-state index contributed by atoms with van der Waals surface area (Å²) < 4.78 is 6.81. The maximum Gasteiger partial charge on any atom is 0.257 e. The summed E-state index contributed by atoms with van der Waals surface area (Å²) in [5, 5.41) is 0.575. The van der Waals surface area contributed by atoms with Crippen LogP contribution in [0.15, 0.2) is 40.3 Å². The molecule has 2 aromatic rings. The molecule has 1 fully saturated rings. The Bertz CT molecular complexity index is 830. The number of aromatic nitrogens is 2. The number of benzene rings is 1. The third-order valence-electron chi connectivity index (χ3n) is 4.46. The molecule has 0 unspecified atom stereocenters. The van der Waals surface area contributed by atoms with Gasteiger partial charge in [0.15, 0.2) is 5.16 Å². The third kappa shape index (κ3) is 4.34. The largest absolute Gasteiger partial charge is 0.378 e. The molecule has 3 rings (SSSR count).